The highest BCUT2D eigenvalue weighted by molar-refractivity contribution is 6.74. The summed E-state index contributed by atoms with van der Waals surface area (Å²) < 4.78 is 6.22. The van der Waals surface area contributed by atoms with Crippen LogP contribution < -0.4 is 9.74 Å². The van der Waals surface area contributed by atoms with Crippen LogP contribution in [0.25, 0.3) is 0 Å². The van der Waals surface area contributed by atoms with Gasteiger partial charge in [0.25, 0.3) is 0 Å². The van der Waals surface area contributed by atoms with Gasteiger partial charge in [-0.2, -0.15) is 0 Å². The molecule has 1 rings (SSSR count). The van der Waals surface area contributed by atoms with E-state index in [2.05, 4.69) is 63.4 Å². The van der Waals surface area contributed by atoms with Gasteiger partial charge in [-0.3, -0.25) is 0 Å². The predicted octanol–water partition coefficient (Wildman–Crippen LogP) is 3.79. The molecule has 0 aliphatic heterocycles. The number of benzene rings is 1. The molecule has 3 heteroatoms. The molecule has 0 aliphatic rings. The van der Waals surface area contributed by atoms with Crippen molar-refractivity contribution in [3.05, 3.63) is 29.8 Å². The third-order valence-corrected chi connectivity index (χ3v) is 7.84. The van der Waals surface area contributed by atoms with E-state index in [1.54, 1.807) is 0 Å². The van der Waals surface area contributed by atoms with Crippen molar-refractivity contribution in [1.29, 1.82) is 0 Å². The average molecular weight is 251 g/mol. The van der Waals surface area contributed by atoms with Crippen molar-refractivity contribution in [2.45, 2.75) is 45.4 Å². The van der Waals surface area contributed by atoms with Crippen molar-refractivity contribution in [1.82, 2.24) is 5.32 Å². The predicted molar refractivity (Wildman–Crippen MR) is 77.0 cm³/mol. The summed E-state index contributed by atoms with van der Waals surface area (Å²) in [7, 11) is 0.261. The van der Waals surface area contributed by atoms with Gasteiger partial charge in [0.1, 0.15) is 5.75 Å². The Labute approximate surface area is 107 Å². The maximum absolute atomic E-state index is 6.22. The SMILES string of the molecule is CNCc1ccc(O[Si](C)(C)C(C)(C)C)cc1. The van der Waals surface area contributed by atoms with Crippen LogP contribution in [0, 0.1) is 0 Å². The van der Waals surface area contributed by atoms with E-state index in [0.29, 0.717) is 0 Å². The van der Waals surface area contributed by atoms with Gasteiger partial charge < -0.3 is 9.74 Å². The van der Waals surface area contributed by atoms with E-state index in [9.17, 15) is 0 Å². The summed E-state index contributed by atoms with van der Waals surface area (Å²) >= 11 is 0. The Morgan fingerprint density at radius 3 is 2.06 bits per heavy atom. The zero-order chi connectivity index (χ0) is 13.1. The Morgan fingerprint density at radius 1 is 1.12 bits per heavy atom. The minimum absolute atomic E-state index is 0.247. The van der Waals surface area contributed by atoms with Crippen molar-refractivity contribution in [3.63, 3.8) is 0 Å². The standard InChI is InChI=1S/C14H25NOSi/c1-14(2,3)17(5,6)16-13-9-7-12(8-10-13)11-15-4/h7-10,15H,11H2,1-6H3. The summed E-state index contributed by atoms with van der Waals surface area (Å²) in [6.45, 7) is 12.2. The summed E-state index contributed by atoms with van der Waals surface area (Å²) in [4.78, 5) is 0. The molecular formula is C14H25NOSi. The highest BCUT2D eigenvalue weighted by atomic mass is 28.4. The van der Waals surface area contributed by atoms with Gasteiger partial charge in [0.15, 0.2) is 0 Å². The molecule has 1 N–H and O–H groups in total. The Morgan fingerprint density at radius 2 is 1.65 bits per heavy atom. The summed E-state index contributed by atoms with van der Waals surface area (Å²) in [5.74, 6) is 0.997. The molecule has 0 aromatic heterocycles. The average Bonchev–Trinajstić information content (AvgIpc) is 2.19. The normalized spacial score (nSPS) is 12.6. The first-order valence-electron chi connectivity index (χ1n) is 6.19. The first kappa shape index (κ1) is 14.3. The van der Waals surface area contributed by atoms with Crippen LogP contribution in [0.1, 0.15) is 26.3 Å². The molecule has 0 aliphatic carbocycles. The first-order valence-corrected chi connectivity index (χ1v) is 9.09. The van der Waals surface area contributed by atoms with E-state index >= 15 is 0 Å². The van der Waals surface area contributed by atoms with Crippen LogP contribution in [0.3, 0.4) is 0 Å². The largest absolute Gasteiger partial charge is 0.544 e. The molecule has 2 nitrogen and oxygen atoms in total. The van der Waals surface area contributed by atoms with Gasteiger partial charge in [0, 0.05) is 6.54 Å². The fourth-order valence-corrected chi connectivity index (χ4v) is 2.36. The molecule has 1 aromatic carbocycles. The topological polar surface area (TPSA) is 21.3 Å². The van der Waals surface area contributed by atoms with Crippen LogP contribution in [0.2, 0.25) is 18.1 Å². The minimum Gasteiger partial charge on any atom is -0.544 e. The van der Waals surface area contributed by atoms with Crippen LogP contribution in [-0.4, -0.2) is 15.4 Å². The van der Waals surface area contributed by atoms with E-state index in [1.165, 1.54) is 5.56 Å². The molecule has 0 atom stereocenters. The molecule has 0 saturated carbocycles. The van der Waals surface area contributed by atoms with Crippen LogP contribution in [-0.2, 0) is 6.54 Å². The molecule has 0 radical (unpaired) electrons. The monoisotopic (exact) mass is 251 g/mol. The van der Waals surface area contributed by atoms with Crippen LogP contribution in [0.15, 0.2) is 24.3 Å². The molecule has 0 unspecified atom stereocenters. The lowest BCUT2D eigenvalue weighted by atomic mass is 10.2. The number of nitrogens with one attached hydrogen (secondary N) is 1. The van der Waals surface area contributed by atoms with E-state index in [0.717, 1.165) is 12.3 Å². The van der Waals surface area contributed by atoms with Gasteiger partial charge in [-0.25, -0.2) is 0 Å². The molecular weight excluding hydrogens is 226 g/mol. The molecule has 0 bridgehead atoms. The zero-order valence-electron chi connectivity index (χ0n) is 11.9. The molecule has 0 spiro atoms. The second-order valence-corrected chi connectivity index (χ2v) is 10.8. The van der Waals surface area contributed by atoms with E-state index in [1.807, 2.05) is 7.05 Å². The molecule has 0 fully saturated rings. The molecule has 0 heterocycles. The third kappa shape index (κ3) is 3.86. The highest BCUT2D eigenvalue weighted by Gasteiger charge is 2.38. The number of hydrogen-bond acceptors (Lipinski definition) is 2. The van der Waals surface area contributed by atoms with Gasteiger partial charge >= 0.3 is 0 Å². The Bertz CT molecular complexity index is 351. The van der Waals surface area contributed by atoms with Crippen LogP contribution in [0.5, 0.6) is 5.75 Å². The molecule has 0 saturated heterocycles. The minimum atomic E-state index is -1.70. The Hall–Kier alpha value is -0.803. The quantitative estimate of drug-likeness (QED) is 0.822. The van der Waals surface area contributed by atoms with Crippen molar-refractivity contribution in [2.75, 3.05) is 7.05 Å². The van der Waals surface area contributed by atoms with Crippen LogP contribution >= 0.6 is 0 Å². The van der Waals surface area contributed by atoms with E-state index < -0.39 is 8.32 Å². The lowest BCUT2D eigenvalue weighted by Gasteiger charge is -2.36. The van der Waals surface area contributed by atoms with Crippen molar-refractivity contribution >= 4 is 8.32 Å². The number of rotatable bonds is 4. The maximum atomic E-state index is 6.22. The Balaban J connectivity index is 2.76. The van der Waals surface area contributed by atoms with Gasteiger partial charge in [-0.05, 0) is 42.9 Å². The summed E-state index contributed by atoms with van der Waals surface area (Å²) in [6, 6.07) is 8.40. The van der Waals surface area contributed by atoms with Gasteiger partial charge in [-0.15, -0.1) is 0 Å². The Kier molecular flexibility index (Phi) is 4.39. The van der Waals surface area contributed by atoms with Gasteiger partial charge in [0.2, 0.25) is 8.32 Å². The van der Waals surface area contributed by atoms with Gasteiger partial charge in [0.05, 0.1) is 0 Å². The second-order valence-electron chi connectivity index (χ2n) is 6.04. The molecule has 17 heavy (non-hydrogen) atoms. The van der Waals surface area contributed by atoms with Crippen LogP contribution in [0.4, 0.5) is 0 Å². The van der Waals surface area contributed by atoms with Crippen molar-refractivity contribution < 1.29 is 4.43 Å². The second kappa shape index (κ2) is 5.23. The fraction of sp³-hybridized carbons (Fsp3) is 0.571. The third-order valence-electron chi connectivity index (χ3n) is 3.48. The van der Waals surface area contributed by atoms with E-state index in [4.69, 9.17) is 4.43 Å². The zero-order valence-corrected chi connectivity index (χ0v) is 12.9. The summed E-state index contributed by atoms with van der Waals surface area (Å²) in [6.07, 6.45) is 0. The summed E-state index contributed by atoms with van der Waals surface area (Å²) in [5, 5.41) is 3.39. The lowest BCUT2D eigenvalue weighted by Crippen LogP contribution is -2.43. The molecule has 1 aromatic rings. The van der Waals surface area contributed by atoms with E-state index in [-0.39, 0.29) is 5.04 Å². The number of hydrogen-bond donors (Lipinski definition) is 1. The fourth-order valence-electron chi connectivity index (χ4n) is 1.33. The molecule has 0 amide bonds. The highest BCUT2D eigenvalue weighted by Crippen LogP contribution is 2.37. The van der Waals surface area contributed by atoms with Gasteiger partial charge in [-0.1, -0.05) is 32.9 Å². The maximum Gasteiger partial charge on any atom is 0.250 e. The lowest BCUT2D eigenvalue weighted by molar-refractivity contribution is 0.492. The summed E-state index contributed by atoms with van der Waals surface area (Å²) in [5.41, 5.74) is 1.29. The smallest absolute Gasteiger partial charge is 0.250 e. The first-order chi connectivity index (χ1) is 7.76. The molecule has 96 valence electrons. The van der Waals surface area contributed by atoms with Crippen molar-refractivity contribution in [3.8, 4) is 5.75 Å². The van der Waals surface area contributed by atoms with Crippen molar-refractivity contribution in [2.24, 2.45) is 0 Å².